The molecule has 1 aliphatic carbocycles. The van der Waals surface area contributed by atoms with Gasteiger partial charge in [-0.3, -0.25) is 0 Å². The number of thiophene rings is 1. The van der Waals surface area contributed by atoms with Gasteiger partial charge in [-0.05, 0) is 66.8 Å². The van der Waals surface area contributed by atoms with Crippen molar-refractivity contribution >= 4 is 11.3 Å². The Bertz CT molecular complexity index is 566. The Morgan fingerprint density at radius 2 is 1.95 bits per heavy atom. The van der Waals surface area contributed by atoms with Gasteiger partial charge < -0.3 is 5.32 Å². The average molecular weight is 299 g/mol. The van der Waals surface area contributed by atoms with Gasteiger partial charge in [-0.25, -0.2) is 0 Å². The van der Waals surface area contributed by atoms with E-state index in [2.05, 4.69) is 54.9 Å². The molecule has 0 amide bonds. The number of nitrogens with one attached hydrogen (secondary N) is 1. The first-order chi connectivity index (χ1) is 10.3. The Hall–Kier alpha value is -1.12. The second kappa shape index (κ2) is 6.76. The predicted octanol–water partition coefficient (Wildman–Crippen LogP) is 5.41. The zero-order chi connectivity index (χ0) is 14.7. The van der Waals surface area contributed by atoms with Gasteiger partial charge >= 0.3 is 0 Å². The van der Waals surface area contributed by atoms with Gasteiger partial charge in [0.1, 0.15) is 0 Å². The zero-order valence-corrected chi connectivity index (χ0v) is 13.9. The Morgan fingerprint density at radius 1 is 1.19 bits per heavy atom. The minimum atomic E-state index is 0.348. The molecule has 1 aromatic carbocycles. The summed E-state index contributed by atoms with van der Waals surface area (Å²) in [5, 5.41) is 5.92. The number of benzene rings is 1. The Balaban J connectivity index is 1.83. The molecule has 1 atom stereocenters. The number of hydrogen-bond acceptors (Lipinski definition) is 2. The van der Waals surface area contributed by atoms with Crippen molar-refractivity contribution in [3.63, 3.8) is 0 Å². The highest BCUT2D eigenvalue weighted by atomic mass is 32.1. The summed E-state index contributed by atoms with van der Waals surface area (Å²) < 4.78 is 0. The fraction of sp³-hybridized carbons (Fsp3) is 0.474. The summed E-state index contributed by atoms with van der Waals surface area (Å²) in [6.45, 7) is 5.51. The molecule has 0 radical (unpaired) electrons. The highest BCUT2D eigenvalue weighted by Gasteiger charge is 2.21. The summed E-state index contributed by atoms with van der Waals surface area (Å²) in [7, 11) is 0. The second-order valence-corrected chi connectivity index (χ2v) is 7.10. The van der Waals surface area contributed by atoms with Crippen LogP contribution in [0.5, 0.6) is 0 Å². The van der Waals surface area contributed by atoms with Gasteiger partial charge in [0.15, 0.2) is 0 Å². The zero-order valence-electron chi connectivity index (χ0n) is 13.1. The Labute approximate surface area is 132 Å². The summed E-state index contributed by atoms with van der Waals surface area (Å²) in [6, 6.07) is 11.9. The highest BCUT2D eigenvalue weighted by molar-refractivity contribution is 7.10. The van der Waals surface area contributed by atoms with Crippen LogP contribution in [0, 0.1) is 6.92 Å². The fourth-order valence-electron chi connectivity index (χ4n) is 3.03. The quantitative estimate of drug-likeness (QED) is 0.751. The topological polar surface area (TPSA) is 12.0 Å². The van der Waals surface area contributed by atoms with Crippen molar-refractivity contribution in [2.75, 3.05) is 6.54 Å². The van der Waals surface area contributed by atoms with Crippen LogP contribution in [0.1, 0.15) is 66.1 Å². The standard InChI is InChI=1S/C19H25NS/c1-3-12-20-18(19-14(2)11-13-21-19)17-9-7-16(8-10-17)15-5-4-6-15/h7-11,13,15,18,20H,3-6,12H2,1-2H3. The van der Waals surface area contributed by atoms with Gasteiger partial charge in [0.05, 0.1) is 6.04 Å². The van der Waals surface area contributed by atoms with Crippen molar-refractivity contribution in [2.24, 2.45) is 0 Å². The highest BCUT2D eigenvalue weighted by Crippen LogP contribution is 2.37. The molecule has 1 aromatic heterocycles. The third kappa shape index (κ3) is 3.22. The maximum Gasteiger partial charge on any atom is 0.0673 e. The molecule has 112 valence electrons. The Kier molecular flexibility index (Phi) is 4.77. The van der Waals surface area contributed by atoms with Gasteiger partial charge in [-0.1, -0.05) is 37.6 Å². The molecule has 1 N–H and O–H groups in total. The first kappa shape index (κ1) is 14.8. The summed E-state index contributed by atoms with van der Waals surface area (Å²) in [6.07, 6.45) is 5.32. The van der Waals surface area contributed by atoms with E-state index >= 15 is 0 Å². The minimum absolute atomic E-state index is 0.348. The molecule has 0 aliphatic heterocycles. The molecule has 1 aliphatic rings. The molecule has 3 rings (SSSR count). The minimum Gasteiger partial charge on any atom is -0.306 e. The van der Waals surface area contributed by atoms with Gasteiger partial charge in [0, 0.05) is 4.88 Å². The average Bonchev–Trinajstić information content (AvgIpc) is 2.85. The first-order valence-electron chi connectivity index (χ1n) is 8.17. The number of rotatable bonds is 6. The predicted molar refractivity (Wildman–Crippen MR) is 92.2 cm³/mol. The third-order valence-corrected chi connectivity index (χ3v) is 5.69. The lowest BCUT2D eigenvalue weighted by Crippen LogP contribution is -2.23. The maximum atomic E-state index is 3.72. The molecule has 0 bridgehead atoms. The molecule has 0 spiro atoms. The molecule has 2 heteroatoms. The van der Waals surface area contributed by atoms with E-state index in [1.54, 1.807) is 0 Å². The van der Waals surface area contributed by atoms with Gasteiger partial charge in [-0.2, -0.15) is 0 Å². The molecule has 1 heterocycles. The summed E-state index contributed by atoms with van der Waals surface area (Å²) in [5.41, 5.74) is 4.33. The lowest BCUT2D eigenvalue weighted by atomic mass is 9.80. The van der Waals surface area contributed by atoms with Crippen LogP contribution in [0.2, 0.25) is 0 Å². The largest absolute Gasteiger partial charge is 0.306 e. The van der Waals surface area contributed by atoms with Crippen LogP contribution >= 0.6 is 11.3 Å². The first-order valence-corrected chi connectivity index (χ1v) is 9.04. The molecule has 1 fully saturated rings. The molecule has 21 heavy (non-hydrogen) atoms. The fourth-order valence-corrected chi connectivity index (χ4v) is 4.06. The van der Waals surface area contributed by atoms with Gasteiger partial charge in [0.2, 0.25) is 0 Å². The van der Waals surface area contributed by atoms with Crippen LogP contribution in [0.25, 0.3) is 0 Å². The monoisotopic (exact) mass is 299 g/mol. The van der Waals surface area contributed by atoms with Crippen molar-refractivity contribution in [3.8, 4) is 0 Å². The molecule has 1 saturated carbocycles. The summed E-state index contributed by atoms with van der Waals surface area (Å²) in [4.78, 5) is 1.46. The van der Waals surface area contributed by atoms with E-state index < -0.39 is 0 Å². The lowest BCUT2D eigenvalue weighted by molar-refractivity contribution is 0.419. The van der Waals surface area contributed by atoms with Crippen LogP contribution in [-0.2, 0) is 0 Å². The van der Waals surface area contributed by atoms with Crippen LogP contribution in [0.3, 0.4) is 0 Å². The van der Waals surface area contributed by atoms with Crippen LogP contribution in [-0.4, -0.2) is 6.54 Å². The van der Waals surface area contributed by atoms with E-state index in [1.165, 1.54) is 47.3 Å². The van der Waals surface area contributed by atoms with E-state index in [0.717, 1.165) is 12.5 Å². The SMILES string of the molecule is CCCNC(c1ccc(C2CCC2)cc1)c1sccc1C. The van der Waals surface area contributed by atoms with E-state index in [9.17, 15) is 0 Å². The number of hydrogen-bond donors (Lipinski definition) is 1. The molecule has 1 nitrogen and oxygen atoms in total. The van der Waals surface area contributed by atoms with Crippen LogP contribution < -0.4 is 5.32 Å². The summed E-state index contributed by atoms with van der Waals surface area (Å²) in [5.74, 6) is 0.824. The molecular weight excluding hydrogens is 274 g/mol. The van der Waals surface area contributed by atoms with Crippen molar-refractivity contribution in [2.45, 2.75) is 51.5 Å². The van der Waals surface area contributed by atoms with E-state index in [1.807, 2.05) is 11.3 Å². The smallest absolute Gasteiger partial charge is 0.0673 e. The van der Waals surface area contributed by atoms with Crippen molar-refractivity contribution in [3.05, 3.63) is 57.3 Å². The van der Waals surface area contributed by atoms with Crippen molar-refractivity contribution in [1.29, 1.82) is 0 Å². The molecule has 2 aromatic rings. The van der Waals surface area contributed by atoms with E-state index in [4.69, 9.17) is 0 Å². The maximum absolute atomic E-state index is 3.72. The number of aryl methyl sites for hydroxylation is 1. The lowest BCUT2D eigenvalue weighted by Gasteiger charge is -2.26. The normalized spacial score (nSPS) is 16.7. The van der Waals surface area contributed by atoms with Crippen LogP contribution in [0.4, 0.5) is 0 Å². The van der Waals surface area contributed by atoms with E-state index in [-0.39, 0.29) is 0 Å². The summed E-state index contributed by atoms with van der Waals surface area (Å²) >= 11 is 1.87. The van der Waals surface area contributed by atoms with E-state index in [0.29, 0.717) is 6.04 Å². The van der Waals surface area contributed by atoms with Crippen molar-refractivity contribution < 1.29 is 0 Å². The van der Waals surface area contributed by atoms with Crippen molar-refractivity contribution in [1.82, 2.24) is 5.32 Å². The van der Waals surface area contributed by atoms with Crippen LogP contribution in [0.15, 0.2) is 35.7 Å². The van der Waals surface area contributed by atoms with Gasteiger partial charge in [0.25, 0.3) is 0 Å². The molecule has 1 unspecified atom stereocenters. The van der Waals surface area contributed by atoms with Gasteiger partial charge in [-0.15, -0.1) is 11.3 Å². The molecular formula is C19H25NS. The second-order valence-electron chi connectivity index (χ2n) is 6.15. The third-order valence-electron chi connectivity index (χ3n) is 4.61. The Morgan fingerprint density at radius 3 is 2.48 bits per heavy atom. The molecule has 0 saturated heterocycles.